The minimum absolute atomic E-state index is 0.199. The van der Waals surface area contributed by atoms with Crippen molar-refractivity contribution < 1.29 is 9.90 Å². The molecule has 5 heteroatoms. The fourth-order valence-electron chi connectivity index (χ4n) is 0.877. The van der Waals surface area contributed by atoms with Gasteiger partial charge in [0, 0.05) is 13.5 Å². The van der Waals surface area contributed by atoms with Gasteiger partial charge in [0.05, 0.1) is 11.9 Å². The number of nitrogens with zero attached hydrogens (tertiary/aromatic N) is 3. The van der Waals surface area contributed by atoms with Gasteiger partial charge in [0.25, 0.3) is 0 Å². The van der Waals surface area contributed by atoms with Crippen LogP contribution in [0.5, 0.6) is 0 Å². The maximum absolute atomic E-state index is 10.3. The molecule has 1 rings (SSSR count). The molecule has 66 valence electrons. The summed E-state index contributed by atoms with van der Waals surface area (Å²) in [5.41, 5.74) is -0.731. The molecule has 0 radical (unpaired) electrons. The number of rotatable bonds is 3. The van der Waals surface area contributed by atoms with Crippen LogP contribution in [-0.2, 0) is 18.3 Å². The molecule has 0 aromatic carbocycles. The monoisotopic (exact) mass is 169 g/mol. The average Bonchev–Trinajstić information content (AvgIpc) is 2.35. The van der Waals surface area contributed by atoms with Gasteiger partial charge in [-0.1, -0.05) is 0 Å². The van der Waals surface area contributed by atoms with Gasteiger partial charge in [-0.15, -0.1) is 0 Å². The normalized spacial score (nSPS) is 15.6. The van der Waals surface area contributed by atoms with Crippen LogP contribution in [0.2, 0.25) is 0 Å². The summed E-state index contributed by atoms with van der Waals surface area (Å²) in [6.45, 7) is 1.44. The average molecular weight is 169 g/mol. The van der Waals surface area contributed by atoms with Gasteiger partial charge in [0.2, 0.25) is 0 Å². The first-order chi connectivity index (χ1) is 5.53. The van der Waals surface area contributed by atoms with Crippen molar-refractivity contribution in [2.24, 2.45) is 7.05 Å². The fourth-order valence-corrected chi connectivity index (χ4v) is 0.877. The number of hydrogen-bond donors (Lipinski definition) is 1. The van der Waals surface area contributed by atoms with Crippen LogP contribution in [0.1, 0.15) is 12.6 Å². The van der Waals surface area contributed by atoms with Crippen LogP contribution in [0, 0.1) is 0 Å². The zero-order valence-electron chi connectivity index (χ0n) is 7.06. The highest BCUT2D eigenvalue weighted by molar-refractivity contribution is 5.61. The van der Waals surface area contributed by atoms with Crippen LogP contribution in [0.3, 0.4) is 0 Å². The molecule has 0 aliphatic carbocycles. The Labute approximate surface area is 70.0 Å². The molecular weight excluding hydrogens is 158 g/mol. The van der Waals surface area contributed by atoms with Gasteiger partial charge in [-0.05, 0) is 6.92 Å². The van der Waals surface area contributed by atoms with Gasteiger partial charge in [-0.25, -0.2) is 0 Å². The fraction of sp³-hybridized carbons (Fsp3) is 0.571. The molecule has 0 fully saturated rings. The first-order valence-electron chi connectivity index (χ1n) is 3.57. The SMILES string of the molecule is Cn1ncc(CC(C)(O)C=O)n1. The molecule has 0 spiro atoms. The third kappa shape index (κ3) is 2.13. The molecule has 0 saturated heterocycles. The maximum atomic E-state index is 10.3. The highest BCUT2D eigenvalue weighted by Crippen LogP contribution is 2.06. The number of aromatic nitrogens is 3. The van der Waals surface area contributed by atoms with Crippen LogP contribution in [0.25, 0.3) is 0 Å². The molecule has 0 aliphatic rings. The van der Waals surface area contributed by atoms with E-state index in [1.165, 1.54) is 17.9 Å². The summed E-state index contributed by atoms with van der Waals surface area (Å²) >= 11 is 0. The third-order valence-electron chi connectivity index (χ3n) is 1.44. The zero-order chi connectivity index (χ0) is 9.19. The number of hydrogen-bond acceptors (Lipinski definition) is 4. The van der Waals surface area contributed by atoms with Crippen LogP contribution in [-0.4, -0.2) is 32.0 Å². The van der Waals surface area contributed by atoms with E-state index in [9.17, 15) is 9.90 Å². The largest absolute Gasteiger partial charge is 0.382 e. The van der Waals surface area contributed by atoms with Crippen molar-refractivity contribution in [1.82, 2.24) is 15.0 Å². The summed E-state index contributed by atoms with van der Waals surface area (Å²) in [6, 6.07) is 0. The number of aryl methyl sites for hydroxylation is 1. The smallest absolute Gasteiger partial charge is 0.151 e. The molecule has 1 heterocycles. The molecular formula is C7H11N3O2. The van der Waals surface area contributed by atoms with E-state index in [-0.39, 0.29) is 6.42 Å². The first kappa shape index (κ1) is 8.86. The number of aldehydes is 1. The van der Waals surface area contributed by atoms with Crippen molar-refractivity contribution in [2.75, 3.05) is 0 Å². The number of carbonyl (C=O) groups is 1. The second kappa shape index (κ2) is 3.02. The Kier molecular flexibility index (Phi) is 2.23. The summed E-state index contributed by atoms with van der Waals surface area (Å²) in [4.78, 5) is 11.7. The molecule has 1 aromatic heterocycles. The zero-order valence-corrected chi connectivity index (χ0v) is 7.06. The van der Waals surface area contributed by atoms with Crippen molar-refractivity contribution in [1.29, 1.82) is 0 Å². The van der Waals surface area contributed by atoms with Crippen LogP contribution in [0.4, 0.5) is 0 Å². The van der Waals surface area contributed by atoms with E-state index >= 15 is 0 Å². The predicted molar refractivity (Wildman–Crippen MR) is 41.4 cm³/mol. The Balaban J connectivity index is 2.69. The van der Waals surface area contributed by atoms with E-state index < -0.39 is 5.60 Å². The Bertz CT molecular complexity index is 280. The van der Waals surface area contributed by atoms with Crippen LogP contribution in [0.15, 0.2) is 6.20 Å². The molecule has 0 saturated carbocycles. The lowest BCUT2D eigenvalue weighted by Crippen LogP contribution is -2.29. The van der Waals surface area contributed by atoms with Crippen molar-refractivity contribution in [3.63, 3.8) is 0 Å². The predicted octanol–water partition coefficient (Wildman–Crippen LogP) is -0.693. The van der Waals surface area contributed by atoms with Gasteiger partial charge in [0.15, 0.2) is 6.29 Å². The molecule has 1 N–H and O–H groups in total. The lowest BCUT2D eigenvalue weighted by atomic mass is 10.0. The minimum atomic E-state index is -1.34. The van der Waals surface area contributed by atoms with E-state index in [4.69, 9.17) is 0 Å². The Hall–Kier alpha value is -1.23. The Morgan fingerprint density at radius 1 is 1.83 bits per heavy atom. The van der Waals surface area contributed by atoms with Gasteiger partial charge in [0.1, 0.15) is 5.60 Å². The topological polar surface area (TPSA) is 68.0 Å². The molecule has 5 nitrogen and oxygen atoms in total. The highest BCUT2D eigenvalue weighted by atomic mass is 16.3. The summed E-state index contributed by atoms with van der Waals surface area (Å²) < 4.78 is 0. The molecule has 0 aliphatic heterocycles. The summed E-state index contributed by atoms with van der Waals surface area (Å²) in [5, 5.41) is 17.1. The summed E-state index contributed by atoms with van der Waals surface area (Å²) in [7, 11) is 1.68. The second-order valence-electron chi connectivity index (χ2n) is 2.98. The highest BCUT2D eigenvalue weighted by Gasteiger charge is 2.21. The van der Waals surface area contributed by atoms with Gasteiger partial charge in [-0.2, -0.15) is 15.0 Å². The Morgan fingerprint density at radius 2 is 2.50 bits per heavy atom. The molecule has 12 heavy (non-hydrogen) atoms. The second-order valence-corrected chi connectivity index (χ2v) is 2.98. The summed E-state index contributed by atoms with van der Waals surface area (Å²) in [6.07, 6.45) is 2.23. The van der Waals surface area contributed by atoms with Crippen molar-refractivity contribution in [3.8, 4) is 0 Å². The van der Waals surface area contributed by atoms with Gasteiger partial charge >= 0.3 is 0 Å². The number of carbonyl (C=O) groups excluding carboxylic acids is 1. The third-order valence-corrected chi connectivity index (χ3v) is 1.44. The lowest BCUT2D eigenvalue weighted by molar-refractivity contribution is -0.122. The molecule has 0 amide bonds. The quantitative estimate of drug-likeness (QED) is 0.608. The van der Waals surface area contributed by atoms with Crippen molar-refractivity contribution in [3.05, 3.63) is 11.9 Å². The molecule has 1 aromatic rings. The first-order valence-corrected chi connectivity index (χ1v) is 3.57. The molecule has 0 bridgehead atoms. The maximum Gasteiger partial charge on any atom is 0.151 e. The van der Waals surface area contributed by atoms with Crippen LogP contribution < -0.4 is 0 Å². The Morgan fingerprint density at radius 3 is 2.92 bits per heavy atom. The van der Waals surface area contributed by atoms with Crippen molar-refractivity contribution in [2.45, 2.75) is 18.9 Å². The van der Waals surface area contributed by atoms with Gasteiger partial charge < -0.3 is 9.90 Å². The molecule has 1 atom stereocenters. The van der Waals surface area contributed by atoms with Crippen molar-refractivity contribution >= 4 is 6.29 Å². The van der Waals surface area contributed by atoms with Crippen LogP contribution >= 0.6 is 0 Å². The van der Waals surface area contributed by atoms with E-state index in [0.29, 0.717) is 12.0 Å². The molecule has 1 unspecified atom stereocenters. The number of aliphatic hydroxyl groups is 1. The van der Waals surface area contributed by atoms with E-state index in [1.807, 2.05) is 0 Å². The summed E-state index contributed by atoms with van der Waals surface area (Å²) in [5.74, 6) is 0. The van der Waals surface area contributed by atoms with E-state index in [2.05, 4.69) is 10.2 Å². The van der Waals surface area contributed by atoms with Gasteiger partial charge in [-0.3, -0.25) is 0 Å². The van der Waals surface area contributed by atoms with E-state index in [0.717, 1.165) is 0 Å². The standard InChI is InChI=1S/C7H11N3O2/c1-7(12,5-11)3-6-4-8-10(2)9-6/h4-5,12H,3H2,1-2H3. The van der Waals surface area contributed by atoms with E-state index in [1.54, 1.807) is 7.05 Å². The lowest BCUT2D eigenvalue weighted by Gasteiger charge is -2.12. The minimum Gasteiger partial charge on any atom is -0.382 e.